The summed E-state index contributed by atoms with van der Waals surface area (Å²) in [5, 5.41) is 18.2. The van der Waals surface area contributed by atoms with E-state index in [2.05, 4.69) is 0 Å². The zero-order valence-corrected chi connectivity index (χ0v) is 8.45. The van der Waals surface area contributed by atoms with E-state index in [9.17, 15) is 4.79 Å². The topological polar surface area (TPSA) is 57.5 Å². The van der Waals surface area contributed by atoms with Gasteiger partial charge in [0.25, 0.3) is 0 Å². The van der Waals surface area contributed by atoms with Crippen LogP contribution in [0.5, 0.6) is 0 Å². The van der Waals surface area contributed by atoms with Gasteiger partial charge in [-0.1, -0.05) is 23.7 Å². The Bertz CT molecular complexity index is 349. The number of benzene rings is 1. The van der Waals surface area contributed by atoms with Gasteiger partial charge in [0.05, 0.1) is 0 Å². The van der Waals surface area contributed by atoms with Crippen molar-refractivity contribution in [3.8, 4) is 0 Å². The van der Waals surface area contributed by atoms with Crippen LogP contribution >= 0.6 is 11.6 Å². The molecule has 3 nitrogen and oxygen atoms in total. The molecule has 4 heteroatoms. The third-order valence-corrected chi connectivity index (χ3v) is 2.36. The predicted molar refractivity (Wildman–Crippen MR) is 53.5 cm³/mol. The Labute approximate surface area is 86.9 Å². The van der Waals surface area contributed by atoms with E-state index in [1.165, 1.54) is 0 Å². The zero-order chi connectivity index (χ0) is 10.7. The van der Waals surface area contributed by atoms with Gasteiger partial charge in [0, 0.05) is 11.4 Å². The smallest absolute Gasteiger partial charge is 0.332 e. The van der Waals surface area contributed by atoms with Crippen molar-refractivity contribution < 1.29 is 15.0 Å². The first-order chi connectivity index (χ1) is 6.50. The molecule has 0 heterocycles. The fourth-order valence-electron chi connectivity index (χ4n) is 1.07. The molecule has 2 N–H and O–H groups in total. The first kappa shape index (κ1) is 11.0. The van der Waals surface area contributed by atoms with Gasteiger partial charge < -0.3 is 10.2 Å². The van der Waals surface area contributed by atoms with Crippen molar-refractivity contribution in [1.29, 1.82) is 0 Å². The minimum Gasteiger partial charge on any atom is -0.479 e. The lowest BCUT2D eigenvalue weighted by Crippen LogP contribution is -2.21. The summed E-state index contributed by atoms with van der Waals surface area (Å²) >= 11 is 5.85. The van der Waals surface area contributed by atoms with Crippen molar-refractivity contribution in [3.63, 3.8) is 0 Å². The van der Waals surface area contributed by atoms with E-state index in [4.69, 9.17) is 21.8 Å². The highest BCUT2D eigenvalue weighted by molar-refractivity contribution is 6.31. The van der Waals surface area contributed by atoms with Gasteiger partial charge in [-0.25, -0.2) is 4.79 Å². The van der Waals surface area contributed by atoms with Crippen molar-refractivity contribution in [2.24, 2.45) is 0 Å². The molecule has 0 aliphatic rings. The van der Waals surface area contributed by atoms with E-state index >= 15 is 0 Å². The quantitative estimate of drug-likeness (QED) is 0.804. The summed E-state index contributed by atoms with van der Waals surface area (Å²) in [4.78, 5) is 10.4. The van der Waals surface area contributed by atoms with Crippen LogP contribution in [0.4, 0.5) is 0 Å². The molecule has 1 atom stereocenters. The van der Waals surface area contributed by atoms with Crippen LogP contribution in [0.25, 0.3) is 0 Å². The standard InChI is InChI=1S/C10H11ClO3/c1-6-2-3-7(4-8(6)11)5-9(12)10(13)14/h2-4,9,12H,5H2,1H3,(H,13,14)/t9-/m1/s1. The molecule has 1 rings (SSSR count). The molecule has 0 aliphatic carbocycles. The van der Waals surface area contributed by atoms with Gasteiger partial charge in [0.1, 0.15) is 0 Å². The molecular weight excluding hydrogens is 204 g/mol. The molecule has 0 saturated heterocycles. The van der Waals surface area contributed by atoms with Crippen LogP contribution in [0.15, 0.2) is 18.2 Å². The number of hydrogen-bond donors (Lipinski definition) is 2. The van der Waals surface area contributed by atoms with Gasteiger partial charge in [-0.2, -0.15) is 0 Å². The van der Waals surface area contributed by atoms with Crippen LogP contribution in [-0.4, -0.2) is 22.3 Å². The molecule has 76 valence electrons. The number of aliphatic hydroxyl groups is 1. The van der Waals surface area contributed by atoms with Crippen LogP contribution in [0.1, 0.15) is 11.1 Å². The lowest BCUT2D eigenvalue weighted by atomic mass is 10.1. The van der Waals surface area contributed by atoms with Crippen LogP contribution in [0.3, 0.4) is 0 Å². The number of aliphatic hydroxyl groups excluding tert-OH is 1. The Morgan fingerprint density at radius 1 is 1.57 bits per heavy atom. The summed E-state index contributed by atoms with van der Waals surface area (Å²) in [5.74, 6) is -1.22. The van der Waals surface area contributed by atoms with E-state index in [1.54, 1.807) is 18.2 Å². The van der Waals surface area contributed by atoms with Crippen molar-refractivity contribution >= 4 is 17.6 Å². The highest BCUT2D eigenvalue weighted by atomic mass is 35.5. The fraction of sp³-hybridized carbons (Fsp3) is 0.300. The van der Waals surface area contributed by atoms with Gasteiger partial charge in [-0.15, -0.1) is 0 Å². The average molecular weight is 215 g/mol. The average Bonchev–Trinajstić information content (AvgIpc) is 2.11. The van der Waals surface area contributed by atoms with E-state index in [-0.39, 0.29) is 6.42 Å². The number of carbonyl (C=O) groups is 1. The maximum Gasteiger partial charge on any atom is 0.332 e. The lowest BCUT2D eigenvalue weighted by Gasteiger charge is -2.06. The molecule has 0 saturated carbocycles. The van der Waals surface area contributed by atoms with Gasteiger partial charge in [-0.05, 0) is 24.1 Å². The normalized spacial score (nSPS) is 12.5. The van der Waals surface area contributed by atoms with Gasteiger partial charge in [0.2, 0.25) is 0 Å². The Kier molecular flexibility index (Phi) is 3.49. The van der Waals surface area contributed by atoms with E-state index in [0.717, 1.165) is 11.1 Å². The molecule has 0 aliphatic heterocycles. The Balaban J connectivity index is 2.78. The third-order valence-electron chi connectivity index (χ3n) is 1.95. The number of carboxylic acid groups (broad SMARTS) is 1. The summed E-state index contributed by atoms with van der Waals surface area (Å²) in [7, 11) is 0. The number of rotatable bonds is 3. The van der Waals surface area contributed by atoms with Crippen LogP contribution < -0.4 is 0 Å². The van der Waals surface area contributed by atoms with Crippen LogP contribution in [0, 0.1) is 6.92 Å². The second-order valence-electron chi connectivity index (χ2n) is 3.14. The fourth-order valence-corrected chi connectivity index (χ4v) is 1.28. The monoisotopic (exact) mass is 214 g/mol. The number of halogens is 1. The summed E-state index contributed by atoms with van der Waals surface area (Å²) < 4.78 is 0. The molecule has 0 amide bonds. The number of carboxylic acids is 1. The van der Waals surface area contributed by atoms with Gasteiger partial charge in [0.15, 0.2) is 6.10 Å². The first-order valence-electron chi connectivity index (χ1n) is 4.16. The highest BCUT2D eigenvalue weighted by Gasteiger charge is 2.13. The summed E-state index contributed by atoms with van der Waals surface area (Å²) in [5.41, 5.74) is 1.65. The molecule has 0 spiro atoms. The number of aliphatic carboxylic acids is 1. The van der Waals surface area contributed by atoms with Gasteiger partial charge in [-0.3, -0.25) is 0 Å². The third kappa shape index (κ3) is 2.72. The van der Waals surface area contributed by atoms with Crippen molar-refractivity contribution in [1.82, 2.24) is 0 Å². The second-order valence-corrected chi connectivity index (χ2v) is 3.55. The van der Waals surface area contributed by atoms with Crippen molar-refractivity contribution in [3.05, 3.63) is 34.3 Å². The van der Waals surface area contributed by atoms with Crippen molar-refractivity contribution in [2.75, 3.05) is 0 Å². The zero-order valence-electron chi connectivity index (χ0n) is 7.70. The number of hydrogen-bond acceptors (Lipinski definition) is 2. The summed E-state index contributed by atoms with van der Waals surface area (Å²) in [6.45, 7) is 1.86. The van der Waals surface area contributed by atoms with E-state index < -0.39 is 12.1 Å². The minimum atomic E-state index is -1.37. The molecule has 1 aromatic rings. The molecule has 0 unspecified atom stereocenters. The maximum absolute atomic E-state index is 10.4. The minimum absolute atomic E-state index is 0.0787. The maximum atomic E-state index is 10.4. The largest absolute Gasteiger partial charge is 0.479 e. The SMILES string of the molecule is Cc1ccc(C[C@@H](O)C(=O)O)cc1Cl. The van der Waals surface area contributed by atoms with Crippen LogP contribution in [0.2, 0.25) is 5.02 Å². The molecule has 0 bridgehead atoms. The summed E-state index contributed by atoms with van der Waals surface area (Å²) in [6, 6.07) is 5.22. The van der Waals surface area contributed by atoms with Crippen LogP contribution in [-0.2, 0) is 11.2 Å². The highest BCUT2D eigenvalue weighted by Crippen LogP contribution is 2.17. The summed E-state index contributed by atoms with van der Waals surface area (Å²) in [6.07, 6.45) is -1.29. The van der Waals surface area contributed by atoms with Crippen molar-refractivity contribution in [2.45, 2.75) is 19.4 Å². The first-order valence-corrected chi connectivity index (χ1v) is 4.54. The lowest BCUT2D eigenvalue weighted by molar-refractivity contribution is -0.146. The predicted octanol–water partition coefficient (Wildman–Crippen LogP) is 1.64. The molecular formula is C10H11ClO3. The molecule has 0 aromatic heterocycles. The Morgan fingerprint density at radius 3 is 2.71 bits per heavy atom. The second kappa shape index (κ2) is 4.44. The number of aryl methyl sites for hydroxylation is 1. The van der Waals surface area contributed by atoms with E-state index in [0.29, 0.717) is 5.02 Å². The Hall–Kier alpha value is -1.06. The molecule has 0 fully saturated rings. The van der Waals surface area contributed by atoms with Gasteiger partial charge >= 0.3 is 5.97 Å². The van der Waals surface area contributed by atoms with E-state index in [1.807, 2.05) is 6.92 Å². The molecule has 14 heavy (non-hydrogen) atoms. The Morgan fingerprint density at radius 2 is 2.21 bits per heavy atom. The molecule has 0 radical (unpaired) electrons. The molecule has 1 aromatic carbocycles.